The normalized spacial score (nSPS) is 21.2. The summed E-state index contributed by atoms with van der Waals surface area (Å²) in [5, 5.41) is 9.08. The van der Waals surface area contributed by atoms with Crippen molar-refractivity contribution in [3.63, 3.8) is 0 Å². The second kappa shape index (κ2) is 5.48. The number of sulfonamides is 1. The van der Waals surface area contributed by atoms with Crippen molar-refractivity contribution in [2.24, 2.45) is 0 Å². The van der Waals surface area contributed by atoms with Crippen molar-refractivity contribution < 1.29 is 22.7 Å². The molecule has 0 saturated carbocycles. The van der Waals surface area contributed by atoms with Crippen LogP contribution in [0.25, 0.3) is 0 Å². The molecule has 0 radical (unpaired) electrons. The molecule has 19 heavy (non-hydrogen) atoms. The van der Waals surface area contributed by atoms with Crippen LogP contribution in [0.3, 0.4) is 0 Å². The Hall–Kier alpha value is -1.12. The van der Waals surface area contributed by atoms with E-state index >= 15 is 0 Å². The van der Waals surface area contributed by atoms with Gasteiger partial charge in [-0.05, 0) is 24.3 Å². The van der Waals surface area contributed by atoms with Crippen LogP contribution in [0, 0.1) is 5.82 Å². The van der Waals surface area contributed by atoms with Gasteiger partial charge in [0, 0.05) is 18.1 Å². The van der Waals surface area contributed by atoms with Gasteiger partial charge in [-0.2, -0.15) is 16.1 Å². The molecule has 2 rings (SSSR count). The van der Waals surface area contributed by atoms with Gasteiger partial charge in [0.2, 0.25) is 10.0 Å². The fourth-order valence-corrected chi connectivity index (χ4v) is 4.64. The van der Waals surface area contributed by atoms with Crippen LogP contribution in [-0.2, 0) is 14.8 Å². The van der Waals surface area contributed by atoms with Crippen molar-refractivity contribution in [1.29, 1.82) is 0 Å². The topological polar surface area (TPSA) is 74.7 Å². The first kappa shape index (κ1) is 14.3. The molecular weight excluding hydrogens is 293 g/mol. The summed E-state index contributed by atoms with van der Waals surface area (Å²) in [5.74, 6) is -0.944. The number of benzene rings is 1. The first-order chi connectivity index (χ1) is 8.93. The largest absolute Gasteiger partial charge is 0.480 e. The van der Waals surface area contributed by atoms with Gasteiger partial charge in [0.25, 0.3) is 0 Å². The Labute approximate surface area is 114 Å². The highest BCUT2D eigenvalue weighted by atomic mass is 32.2. The summed E-state index contributed by atoms with van der Waals surface area (Å²) < 4.78 is 38.5. The molecule has 1 heterocycles. The fraction of sp³-hybridized carbons (Fsp3) is 0.364. The molecule has 1 aliphatic heterocycles. The third kappa shape index (κ3) is 2.90. The predicted octanol–water partition coefficient (Wildman–Crippen LogP) is 1.02. The smallest absolute Gasteiger partial charge is 0.322 e. The maximum Gasteiger partial charge on any atom is 0.322 e. The van der Waals surface area contributed by atoms with Crippen molar-refractivity contribution in [2.45, 2.75) is 10.9 Å². The number of carboxylic acid groups (broad SMARTS) is 1. The maximum absolute atomic E-state index is 12.8. The van der Waals surface area contributed by atoms with Crippen LogP contribution in [0.15, 0.2) is 29.2 Å². The van der Waals surface area contributed by atoms with E-state index in [0.717, 1.165) is 28.6 Å². The molecule has 0 amide bonds. The number of hydrogen-bond acceptors (Lipinski definition) is 4. The van der Waals surface area contributed by atoms with E-state index in [9.17, 15) is 17.6 Å². The lowest BCUT2D eigenvalue weighted by molar-refractivity contribution is -0.140. The molecule has 0 aliphatic carbocycles. The van der Waals surface area contributed by atoms with Gasteiger partial charge in [-0.25, -0.2) is 12.8 Å². The lowest BCUT2D eigenvalue weighted by Crippen LogP contribution is -2.50. The van der Waals surface area contributed by atoms with Crippen molar-refractivity contribution in [3.8, 4) is 0 Å². The first-order valence-corrected chi connectivity index (χ1v) is 8.10. The van der Waals surface area contributed by atoms with Crippen molar-refractivity contribution >= 4 is 27.8 Å². The van der Waals surface area contributed by atoms with E-state index in [0.29, 0.717) is 5.75 Å². The Morgan fingerprint density at radius 1 is 1.37 bits per heavy atom. The standard InChI is InChI=1S/C11H12FNO4S2/c12-8-1-3-9(4-2-8)19(16,17)13-5-6-18-7-10(13)11(14)15/h1-4,10H,5-7H2,(H,14,15). The summed E-state index contributed by atoms with van der Waals surface area (Å²) in [7, 11) is -3.90. The first-order valence-electron chi connectivity index (χ1n) is 5.51. The molecular formula is C11H12FNO4S2. The molecule has 1 aliphatic rings. The minimum absolute atomic E-state index is 0.0907. The van der Waals surface area contributed by atoms with Gasteiger partial charge in [-0.15, -0.1) is 0 Å². The summed E-state index contributed by atoms with van der Waals surface area (Å²) in [5.41, 5.74) is 0. The van der Waals surface area contributed by atoms with E-state index in [1.54, 1.807) is 0 Å². The van der Waals surface area contributed by atoms with Crippen LogP contribution >= 0.6 is 11.8 Å². The second-order valence-electron chi connectivity index (χ2n) is 4.00. The van der Waals surface area contributed by atoms with Crippen LogP contribution in [0.1, 0.15) is 0 Å². The summed E-state index contributed by atoms with van der Waals surface area (Å²) >= 11 is 1.40. The molecule has 0 bridgehead atoms. The van der Waals surface area contributed by atoms with Crippen molar-refractivity contribution in [2.75, 3.05) is 18.1 Å². The number of carboxylic acids is 1. The van der Waals surface area contributed by atoms with Gasteiger partial charge in [0.1, 0.15) is 11.9 Å². The maximum atomic E-state index is 12.8. The number of thioether (sulfide) groups is 1. The Bertz CT molecular complexity index is 573. The van der Waals surface area contributed by atoms with Crippen molar-refractivity contribution in [3.05, 3.63) is 30.1 Å². The van der Waals surface area contributed by atoms with Gasteiger partial charge in [-0.3, -0.25) is 4.79 Å². The SMILES string of the molecule is O=C(O)C1CSCCN1S(=O)(=O)c1ccc(F)cc1. The van der Waals surface area contributed by atoms with E-state index in [1.165, 1.54) is 11.8 Å². The van der Waals surface area contributed by atoms with Gasteiger partial charge in [0.05, 0.1) is 4.90 Å². The molecule has 1 N–H and O–H groups in total. The summed E-state index contributed by atoms with van der Waals surface area (Å²) in [4.78, 5) is 11.0. The Morgan fingerprint density at radius 2 is 2.00 bits per heavy atom. The summed E-state index contributed by atoms with van der Waals surface area (Å²) in [6.45, 7) is 0.140. The number of nitrogens with zero attached hydrogens (tertiary/aromatic N) is 1. The fourth-order valence-electron chi connectivity index (χ4n) is 1.81. The molecule has 8 heteroatoms. The average molecular weight is 305 g/mol. The zero-order valence-corrected chi connectivity index (χ0v) is 11.5. The molecule has 1 aromatic rings. The lowest BCUT2D eigenvalue weighted by atomic mass is 10.3. The molecule has 0 aromatic heterocycles. The monoisotopic (exact) mass is 305 g/mol. The zero-order chi connectivity index (χ0) is 14.0. The zero-order valence-electron chi connectivity index (χ0n) is 9.82. The number of aliphatic carboxylic acids is 1. The van der Waals surface area contributed by atoms with E-state index < -0.39 is 27.9 Å². The number of carbonyl (C=O) groups is 1. The van der Waals surface area contributed by atoms with Gasteiger partial charge in [0.15, 0.2) is 0 Å². The van der Waals surface area contributed by atoms with E-state index in [2.05, 4.69) is 0 Å². The van der Waals surface area contributed by atoms with Gasteiger partial charge >= 0.3 is 5.97 Å². The van der Waals surface area contributed by atoms with E-state index in [4.69, 9.17) is 5.11 Å². The average Bonchev–Trinajstić information content (AvgIpc) is 2.39. The summed E-state index contributed by atoms with van der Waals surface area (Å²) in [6.07, 6.45) is 0. The molecule has 1 aromatic carbocycles. The third-order valence-electron chi connectivity index (χ3n) is 2.78. The van der Waals surface area contributed by atoms with Crippen LogP contribution in [0.2, 0.25) is 0 Å². The molecule has 1 atom stereocenters. The quantitative estimate of drug-likeness (QED) is 0.902. The predicted molar refractivity (Wildman–Crippen MR) is 69.0 cm³/mol. The molecule has 1 fully saturated rings. The highest BCUT2D eigenvalue weighted by Crippen LogP contribution is 2.24. The Morgan fingerprint density at radius 3 is 2.58 bits per heavy atom. The number of hydrogen-bond donors (Lipinski definition) is 1. The Balaban J connectivity index is 2.37. The minimum Gasteiger partial charge on any atom is -0.480 e. The van der Waals surface area contributed by atoms with Gasteiger partial charge < -0.3 is 5.11 Å². The Kier molecular flexibility index (Phi) is 4.12. The van der Waals surface area contributed by atoms with E-state index in [1.807, 2.05) is 0 Å². The minimum atomic E-state index is -3.90. The molecule has 1 saturated heterocycles. The second-order valence-corrected chi connectivity index (χ2v) is 7.04. The van der Waals surface area contributed by atoms with Crippen LogP contribution in [-0.4, -0.2) is 47.9 Å². The van der Waals surface area contributed by atoms with Crippen LogP contribution < -0.4 is 0 Å². The highest BCUT2D eigenvalue weighted by Gasteiger charge is 2.37. The summed E-state index contributed by atoms with van der Waals surface area (Å²) in [6, 6.07) is 3.30. The number of rotatable bonds is 3. The molecule has 5 nitrogen and oxygen atoms in total. The van der Waals surface area contributed by atoms with Gasteiger partial charge in [-0.1, -0.05) is 0 Å². The molecule has 104 valence electrons. The van der Waals surface area contributed by atoms with Crippen LogP contribution in [0.5, 0.6) is 0 Å². The third-order valence-corrected chi connectivity index (χ3v) is 5.73. The van der Waals surface area contributed by atoms with Crippen LogP contribution in [0.4, 0.5) is 4.39 Å². The van der Waals surface area contributed by atoms with Crippen molar-refractivity contribution in [1.82, 2.24) is 4.31 Å². The molecule has 0 spiro atoms. The van der Waals surface area contributed by atoms with E-state index in [-0.39, 0.29) is 17.2 Å². The number of halogens is 1. The lowest BCUT2D eigenvalue weighted by Gasteiger charge is -2.31. The molecule has 1 unspecified atom stereocenters. The highest BCUT2D eigenvalue weighted by molar-refractivity contribution is 7.99.